The Balaban J connectivity index is 1.64. The van der Waals surface area contributed by atoms with Crippen LogP contribution in [0.5, 0.6) is 0 Å². The van der Waals surface area contributed by atoms with Crippen LogP contribution >= 0.6 is 0 Å². The van der Waals surface area contributed by atoms with Crippen LogP contribution in [0.3, 0.4) is 0 Å². The van der Waals surface area contributed by atoms with Gasteiger partial charge in [-0.15, -0.1) is 0 Å². The molecule has 6 nitrogen and oxygen atoms in total. The van der Waals surface area contributed by atoms with E-state index in [1.54, 1.807) is 12.4 Å². The topological polar surface area (TPSA) is 90.1 Å². The van der Waals surface area contributed by atoms with E-state index in [-0.39, 0.29) is 11.9 Å². The number of ether oxygens (including phenoxy) is 1. The third-order valence-corrected chi connectivity index (χ3v) is 3.76. The normalized spacial score (nSPS) is 22.1. The van der Waals surface area contributed by atoms with Gasteiger partial charge >= 0.3 is 12.3 Å². The number of nitrogens with zero attached hydrogens (tertiary/aromatic N) is 2. The molecule has 1 aromatic rings. The van der Waals surface area contributed by atoms with Gasteiger partial charge in [0.05, 0.1) is 6.42 Å². The Hall–Kier alpha value is -2.06. The number of carbonyl (C=O) groups is 1. The van der Waals surface area contributed by atoms with Gasteiger partial charge in [0.15, 0.2) is 0 Å². The smallest absolute Gasteiger partial charge is 0.407 e. The van der Waals surface area contributed by atoms with Crippen LogP contribution in [-0.4, -0.2) is 34.9 Å². The molecule has 23 heavy (non-hydrogen) atoms. The molecule has 1 aliphatic rings. The standard InChI is InChI=1S/C14H19F3N4O2/c1-8(4-14(15,16)17)23-13(22)21-5-9-2-10(3-9)11-6-19-12(18)20-7-11/h6-10H,2-5H2,1H3,(H,21,22)(H2,18,19,20)/t8-,9?,10?/m0/s1. The molecule has 0 spiro atoms. The van der Waals surface area contributed by atoms with Gasteiger partial charge in [0, 0.05) is 18.9 Å². The molecule has 2 rings (SSSR count). The van der Waals surface area contributed by atoms with E-state index in [9.17, 15) is 18.0 Å². The van der Waals surface area contributed by atoms with E-state index in [4.69, 9.17) is 5.73 Å². The van der Waals surface area contributed by atoms with Crippen LogP contribution < -0.4 is 11.1 Å². The summed E-state index contributed by atoms with van der Waals surface area (Å²) in [5.74, 6) is 0.813. The zero-order chi connectivity index (χ0) is 17.0. The van der Waals surface area contributed by atoms with Crippen LogP contribution in [0, 0.1) is 5.92 Å². The molecule has 1 amide bonds. The minimum Gasteiger partial charge on any atom is -0.446 e. The zero-order valence-corrected chi connectivity index (χ0v) is 12.6. The third-order valence-electron chi connectivity index (χ3n) is 3.76. The lowest BCUT2D eigenvalue weighted by molar-refractivity contribution is -0.151. The second kappa shape index (κ2) is 7.01. The summed E-state index contributed by atoms with van der Waals surface area (Å²) < 4.78 is 41.1. The van der Waals surface area contributed by atoms with E-state index in [1.807, 2.05) is 0 Å². The Kier molecular flexibility index (Phi) is 5.27. The van der Waals surface area contributed by atoms with Crippen LogP contribution in [0.4, 0.5) is 23.9 Å². The van der Waals surface area contributed by atoms with Gasteiger partial charge in [-0.3, -0.25) is 0 Å². The fraction of sp³-hybridized carbons (Fsp3) is 0.643. The Labute approximate surface area is 131 Å². The van der Waals surface area contributed by atoms with Crippen LogP contribution in [0.1, 0.15) is 37.7 Å². The van der Waals surface area contributed by atoms with Crippen molar-refractivity contribution in [3.63, 3.8) is 0 Å². The molecule has 0 aliphatic heterocycles. The predicted molar refractivity (Wildman–Crippen MR) is 76.5 cm³/mol. The summed E-state index contributed by atoms with van der Waals surface area (Å²) in [5.41, 5.74) is 6.42. The van der Waals surface area contributed by atoms with Crippen molar-refractivity contribution in [2.24, 2.45) is 5.92 Å². The van der Waals surface area contributed by atoms with E-state index in [2.05, 4.69) is 20.0 Å². The van der Waals surface area contributed by atoms with Crippen LogP contribution in [0.25, 0.3) is 0 Å². The number of anilines is 1. The van der Waals surface area contributed by atoms with E-state index < -0.39 is 24.8 Å². The van der Waals surface area contributed by atoms with Gasteiger partial charge in [-0.25, -0.2) is 14.8 Å². The van der Waals surface area contributed by atoms with Crippen LogP contribution in [-0.2, 0) is 4.74 Å². The second-order valence-electron chi connectivity index (χ2n) is 5.83. The Bertz CT molecular complexity index is 530. The summed E-state index contributed by atoms with van der Waals surface area (Å²) in [6.45, 7) is 1.59. The van der Waals surface area contributed by atoms with Crippen molar-refractivity contribution in [1.82, 2.24) is 15.3 Å². The molecular weight excluding hydrogens is 313 g/mol. The lowest BCUT2D eigenvalue weighted by Crippen LogP contribution is -2.37. The average Bonchev–Trinajstić information content (AvgIpc) is 2.36. The molecule has 1 heterocycles. The van der Waals surface area contributed by atoms with E-state index >= 15 is 0 Å². The van der Waals surface area contributed by atoms with Crippen molar-refractivity contribution < 1.29 is 22.7 Å². The number of alkyl carbamates (subject to hydrolysis) is 1. The van der Waals surface area contributed by atoms with Gasteiger partial charge in [0.2, 0.25) is 5.95 Å². The molecule has 128 valence electrons. The molecule has 3 N–H and O–H groups in total. The summed E-state index contributed by atoms with van der Waals surface area (Å²) >= 11 is 0. The SMILES string of the molecule is C[C@@H](CC(F)(F)F)OC(=O)NCC1CC(c2cnc(N)nc2)C1. The highest BCUT2D eigenvalue weighted by Crippen LogP contribution is 2.40. The number of nitrogens with two attached hydrogens (primary N) is 1. The first-order valence-corrected chi connectivity index (χ1v) is 7.31. The summed E-state index contributed by atoms with van der Waals surface area (Å²) in [6.07, 6.45) is -2.44. The van der Waals surface area contributed by atoms with Crippen molar-refractivity contribution >= 4 is 12.0 Å². The molecule has 9 heteroatoms. The quantitative estimate of drug-likeness (QED) is 0.865. The Morgan fingerprint density at radius 3 is 2.61 bits per heavy atom. The van der Waals surface area contributed by atoms with Gasteiger partial charge in [-0.2, -0.15) is 13.2 Å². The van der Waals surface area contributed by atoms with Gasteiger partial charge in [-0.05, 0) is 37.2 Å². The predicted octanol–water partition coefficient (Wildman–Crippen LogP) is 2.62. The maximum Gasteiger partial charge on any atom is 0.407 e. The Morgan fingerprint density at radius 2 is 2.04 bits per heavy atom. The molecule has 1 aliphatic carbocycles. The zero-order valence-electron chi connectivity index (χ0n) is 12.6. The fourth-order valence-electron chi connectivity index (χ4n) is 2.55. The number of nitrogen functional groups attached to an aromatic ring is 1. The molecular formula is C14H19F3N4O2. The molecule has 1 atom stereocenters. The largest absolute Gasteiger partial charge is 0.446 e. The first-order chi connectivity index (χ1) is 10.7. The van der Waals surface area contributed by atoms with Crippen molar-refractivity contribution in [3.05, 3.63) is 18.0 Å². The minimum atomic E-state index is -4.35. The Morgan fingerprint density at radius 1 is 1.43 bits per heavy atom. The molecule has 0 aromatic carbocycles. The van der Waals surface area contributed by atoms with E-state index in [0.29, 0.717) is 12.5 Å². The summed E-state index contributed by atoms with van der Waals surface area (Å²) in [5, 5.41) is 2.50. The molecule has 0 saturated heterocycles. The number of amides is 1. The molecule has 1 saturated carbocycles. The molecule has 0 radical (unpaired) electrons. The highest BCUT2D eigenvalue weighted by molar-refractivity contribution is 5.67. The number of nitrogens with one attached hydrogen (secondary N) is 1. The van der Waals surface area contributed by atoms with Gasteiger partial charge in [-0.1, -0.05) is 0 Å². The number of aromatic nitrogens is 2. The lowest BCUT2D eigenvalue weighted by atomic mass is 9.72. The van der Waals surface area contributed by atoms with Gasteiger partial charge in [0.25, 0.3) is 0 Å². The monoisotopic (exact) mass is 332 g/mol. The first kappa shape index (κ1) is 17.3. The number of hydrogen-bond donors (Lipinski definition) is 2. The highest BCUT2D eigenvalue weighted by atomic mass is 19.4. The van der Waals surface area contributed by atoms with Crippen molar-refractivity contribution in [1.29, 1.82) is 0 Å². The maximum atomic E-state index is 12.1. The fourth-order valence-corrected chi connectivity index (χ4v) is 2.55. The van der Waals surface area contributed by atoms with Gasteiger partial charge in [0.1, 0.15) is 6.10 Å². The number of alkyl halides is 3. The van der Waals surface area contributed by atoms with Crippen molar-refractivity contribution in [3.8, 4) is 0 Å². The van der Waals surface area contributed by atoms with Crippen molar-refractivity contribution in [2.75, 3.05) is 12.3 Å². The van der Waals surface area contributed by atoms with E-state index in [1.165, 1.54) is 6.92 Å². The highest BCUT2D eigenvalue weighted by Gasteiger charge is 2.33. The number of hydrogen-bond acceptors (Lipinski definition) is 5. The molecule has 0 bridgehead atoms. The number of carbonyl (C=O) groups excluding carboxylic acids is 1. The number of halogens is 3. The summed E-state index contributed by atoms with van der Waals surface area (Å²) in [6, 6.07) is 0. The molecule has 1 aromatic heterocycles. The number of rotatable bonds is 5. The average molecular weight is 332 g/mol. The lowest BCUT2D eigenvalue weighted by Gasteiger charge is -2.35. The summed E-state index contributed by atoms with van der Waals surface area (Å²) in [7, 11) is 0. The summed E-state index contributed by atoms with van der Waals surface area (Å²) in [4.78, 5) is 19.3. The third kappa shape index (κ3) is 5.57. The molecule has 0 unspecified atom stereocenters. The van der Waals surface area contributed by atoms with Crippen LogP contribution in [0.15, 0.2) is 12.4 Å². The first-order valence-electron chi connectivity index (χ1n) is 7.31. The van der Waals surface area contributed by atoms with Crippen LogP contribution in [0.2, 0.25) is 0 Å². The van der Waals surface area contributed by atoms with Crippen molar-refractivity contribution in [2.45, 2.75) is 44.4 Å². The van der Waals surface area contributed by atoms with Gasteiger partial charge < -0.3 is 15.8 Å². The molecule has 1 fully saturated rings. The minimum absolute atomic E-state index is 0.224. The maximum absolute atomic E-state index is 12.1. The second-order valence-corrected chi connectivity index (χ2v) is 5.83. The van der Waals surface area contributed by atoms with E-state index in [0.717, 1.165) is 18.4 Å².